The van der Waals surface area contributed by atoms with Gasteiger partial charge in [-0.25, -0.2) is 0 Å². The molecule has 0 spiro atoms. The summed E-state index contributed by atoms with van der Waals surface area (Å²) in [5, 5.41) is 3.21. The van der Waals surface area contributed by atoms with E-state index in [0.717, 1.165) is 23.3 Å². The molecule has 2 aromatic rings. The van der Waals surface area contributed by atoms with Crippen molar-refractivity contribution in [3.63, 3.8) is 0 Å². The number of pyridine rings is 1. The number of benzene rings is 1. The van der Waals surface area contributed by atoms with E-state index in [1.54, 1.807) is 19.5 Å². The van der Waals surface area contributed by atoms with Crippen molar-refractivity contribution in [3.8, 4) is 5.75 Å². The van der Waals surface area contributed by atoms with Crippen LogP contribution in [-0.2, 0) is 11.2 Å². The third-order valence-electron chi connectivity index (χ3n) is 4.27. The molecule has 4 nitrogen and oxygen atoms in total. The van der Waals surface area contributed by atoms with Crippen molar-refractivity contribution in [2.45, 2.75) is 31.7 Å². The molecule has 1 heterocycles. The zero-order valence-electron chi connectivity index (χ0n) is 13.4. The zero-order chi connectivity index (χ0) is 16.1. The Hall–Kier alpha value is -2.36. The summed E-state index contributed by atoms with van der Waals surface area (Å²) in [4.78, 5) is 16.3. The molecule has 1 saturated carbocycles. The van der Waals surface area contributed by atoms with Crippen LogP contribution in [0.3, 0.4) is 0 Å². The maximum absolute atomic E-state index is 12.3. The highest BCUT2D eigenvalue weighted by atomic mass is 16.5. The number of rotatable bonds is 7. The summed E-state index contributed by atoms with van der Waals surface area (Å²) in [5.74, 6) is 1.51. The second-order valence-electron chi connectivity index (χ2n) is 6.01. The number of aryl methyl sites for hydroxylation is 1. The van der Waals surface area contributed by atoms with Crippen molar-refractivity contribution in [1.82, 2.24) is 10.3 Å². The SMILES string of the molecule is COc1ccc([C@@H](NC(=O)CCc2ccncc2)C2CC2)cc1. The highest BCUT2D eigenvalue weighted by Gasteiger charge is 2.33. The molecule has 4 heteroatoms. The normalized spacial score (nSPS) is 15.0. The monoisotopic (exact) mass is 310 g/mol. The Kier molecular flexibility index (Phi) is 4.91. The first-order valence-electron chi connectivity index (χ1n) is 8.08. The number of hydrogen-bond acceptors (Lipinski definition) is 3. The van der Waals surface area contributed by atoms with Gasteiger partial charge in [0.15, 0.2) is 0 Å². The first-order chi connectivity index (χ1) is 11.3. The quantitative estimate of drug-likeness (QED) is 0.854. The molecule has 0 radical (unpaired) electrons. The summed E-state index contributed by atoms with van der Waals surface area (Å²) < 4.78 is 5.20. The molecule has 0 saturated heterocycles. The fraction of sp³-hybridized carbons (Fsp3) is 0.368. The molecule has 1 N–H and O–H groups in total. The van der Waals surface area contributed by atoms with E-state index in [1.165, 1.54) is 12.8 Å². The summed E-state index contributed by atoms with van der Waals surface area (Å²) in [6.45, 7) is 0. The van der Waals surface area contributed by atoms with Crippen molar-refractivity contribution in [2.24, 2.45) is 5.92 Å². The number of carbonyl (C=O) groups is 1. The molecule has 1 amide bonds. The van der Waals surface area contributed by atoms with Crippen molar-refractivity contribution < 1.29 is 9.53 Å². The molecule has 1 aromatic heterocycles. The van der Waals surface area contributed by atoms with Crippen LogP contribution in [0, 0.1) is 5.92 Å². The van der Waals surface area contributed by atoms with E-state index in [0.29, 0.717) is 12.3 Å². The van der Waals surface area contributed by atoms with E-state index in [4.69, 9.17) is 4.74 Å². The number of carbonyl (C=O) groups excluding carboxylic acids is 1. The summed E-state index contributed by atoms with van der Waals surface area (Å²) in [5.41, 5.74) is 2.30. The van der Waals surface area contributed by atoms with E-state index >= 15 is 0 Å². The molecule has 0 aliphatic heterocycles. The Labute approximate surface area is 136 Å². The van der Waals surface area contributed by atoms with E-state index in [-0.39, 0.29) is 11.9 Å². The molecule has 0 bridgehead atoms. The predicted molar refractivity (Wildman–Crippen MR) is 89.2 cm³/mol. The number of nitrogens with one attached hydrogen (secondary N) is 1. The van der Waals surface area contributed by atoms with Crippen molar-refractivity contribution in [1.29, 1.82) is 0 Å². The van der Waals surface area contributed by atoms with Gasteiger partial charge in [0.25, 0.3) is 0 Å². The average Bonchev–Trinajstić information content (AvgIpc) is 3.44. The van der Waals surface area contributed by atoms with Crippen molar-refractivity contribution in [3.05, 3.63) is 59.9 Å². The fourth-order valence-electron chi connectivity index (χ4n) is 2.77. The summed E-state index contributed by atoms with van der Waals surface area (Å²) in [6.07, 6.45) is 7.13. The lowest BCUT2D eigenvalue weighted by atomic mass is 10.0. The van der Waals surface area contributed by atoms with Crippen LogP contribution >= 0.6 is 0 Å². The summed E-state index contributed by atoms with van der Waals surface area (Å²) in [7, 11) is 1.66. The van der Waals surface area contributed by atoms with E-state index < -0.39 is 0 Å². The fourth-order valence-corrected chi connectivity index (χ4v) is 2.77. The number of methoxy groups -OCH3 is 1. The van der Waals surface area contributed by atoms with Crippen molar-refractivity contribution in [2.75, 3.05) is 7.11 Å². The van der Waals surface area contributed by atoms with Crippen LogP contribution in [0.25, 0.3) is 0 Å². The standard InChI is InChI=1S/C19H22N2O2/c1-23-17-7-5-16(6-8-17)19(15-3-4-15)21-18(22)9-2-14-10-12-20-13-11-14/h5-8,10-13,15,19H,2-4,9H2,1H3,(H,21,22)/t19-/m0/s1. The predicted octanol–water partition coefficient (Wildman–Crippen LogP) is 3.29. The Balaban J connectivity index is 1.59. The number of aromatic nitrogens is 1. The van der Waals surface area contributed by atoms with Gasteiger partial charge in [0.1, 0.15) is 5.75 Å². The lowest BCUT2D eigenvalue weighted by Crippen LogP contribution is -2.30. The molecule has 1 aromatic carbocycles. The Bertz CT molecular complexity index is 636. The topological polar surface area (TPSA) is 51.2 Å². The van der Waals surface area contributed by atoms with Gasteiger partial charge in [-0.1, -0.05) is 12.1 Å². The van der Waals surface area contributed by atoms with Crippen molar-refractivity contribution >= 4 is 5.91 Å². The lowest BCUT2D eigenvalue weighted by Gasteiger charge is -2.19. The molecule has 1 aliphatic rings. The largest absolute Gasteiger partial charge is 0.497 e. The first-order valence-corrected chi connectivity index (χ1v) is 8.08. The number of hydrogen-bond donors (Lipinski definition) is 1. The average molecular weight is 310 g/mol. The second-order valence-corrected chi connectivity index (χ2v) is 6.01. The molecular weight excluding hydrogens is 288 g/mol. The van der Waals surface area contributed by atoms with Crippen LogP contribution in [-0.4, -0.2) is 18.0 Å². The van der Waals surface area contributed by atoms with Gasteiger partial charge in [0.2, 0.25) is 5.91 Å². The minimum absolute atomic E-state index is 0.106. The molecular formula is C19H22N2O2. The van der Waals surface area contributed by atoms with Gasteiger partial charge in [-0.2, -0.15) is 0 Å². The van der Waals surface area contributed by atoms with E-state index in [1.807, 2.05) is 36.4 Å². The summed E-state index contributed by atoms with van der Waals surface area (Å²) in [6, 6.07) is 12.0. The number of nitrogens with zero attached hydrogens (tertiary/aromatic N) is 1. The van der Waals surface area contributed by atoms with Crippen LogP contribution in [0.2, 0.25) is 0 Å². The van der Waals surface area contributed by atoms with Crippen LogP contribution in [0.4, 0.5) is 0 Å². The Morgan fingerprint density at radius 2 is 1.91 bits per heavy atom. The van der Waals surface area contributed by atoms with Gasteiger partial charge in [0.05, 0.1) is 13.2 Å². The van der Waals surface area contributed by atoms with Gasteiger partial charge in [-0.3, -0.25) is 9.78 Å². The van der Waals surface area contributed by atoms with Gasteiger partial charge < -0.3 is 10.1 Å². The molecule has 1 atom stereocenters. The molecule has 3 rings (SSSR count). The van der Waals surface area contributed by atoms with Crippen LogP contribution in [0.5, 0.6) is 5.75 Å². The minimum Gasteiger partial charge on any atom is -0.497 e. The Morgan fingerprint density at radius 3 is 2.52 bits per heavy atom. The minimum atomic E-state index is 0.106. The third-order valence-corrected chi connectivity index (χ3v) is 4.27. The second kappa shape index (κ2) is 7.27. The molecule has 1 aliphatic carbocycles. The van der Waals surface area contributed by atoms with Gasteiger partial charge in [0, 0.05) is 18.8 Å². The lowest BCUT2D eigenvalue weighted by molar-refractivity contribution is -0.122. The Morgan fingerprint density at radius 1 is 1.22 bits per heavy atom. The zero-order valence-corrected chi connectivity index (χ0v) is 13.4. The maximum Gasteiger partial charge on any atom is 0.220 e. The maximum atomic E-state index is 12.3. The highest BCUT2D eigenvalue weighted by Crippen LogP contribution is 2.41. The summed E-state index contributed by atoms with van der Waals surface area (Å²) >= 11 is 0. The van der Waals surface area contributed by atoms with Gasteiger partial charge >= 0.3 is 0 Å². The third kappa shape index (κ3) is 4.31. The highest BCUT2D eigenvalue weighted by molar-refractivity contribution is 5.76. The molecule has 1 fully saturated rings. The first kappa shape index (κ1) is 15.5. The van der Waals surface area contributed by atoms with E-state index in [2.05, 4.69) is 10.3 Å². The number of amides is 1. The van der Waals surface area contributed by atoms with Crippen LogP contribution in [0.1, 0.15) is 36.4 Å². The smallest absolute Gasteiger partial charge is 0.220 e. The molecule has 23 heavy (non-hydrogen) atoms. The van der Waals surface area contributed by atoms with Crippen LogP contribution < -0.4 is 10.1 Å². The van der Waals surface area contributed by atoms with Gasteiger partial charge in [-0.05, 0) is 60.6 Å². The molecule has 0 unspecified atom stereocenters. The van der Waals surface area contributed by atoms with Gasteiger partial charge in [-0.15, -0.1) is 0 Å². The van der Waals surface area contributed by atoms with E-state index in [9.17, 15) is 4.79 Å². The number of ether oxygens (including phenoxy) is 1. The molecule has 120 valence electrons. The van der Waals surface area contributed by atoms with Crippen LogP contribution in [0.15, 0.2) is 48.8 Å².